The fourth-order valence-corrected chi connectivity index (χ4v) is 13.2. The summed E-state index contributed by atoms with van der Waals surface area (Å²) < 4.78 is 46.5. The van der Waals surface area contributed by atoms with Gasteiger partial charge in [0, 0.05) is 57.5 Å². The minimum Gasteiger partial charge on any atom is -0.489 e. The molecule has 0 amide bonds. The van der Waals surface area contributed by atoms with E-state index in [4.69, 9.17) is 33.2 Å². The molecule has 0 radical (unpaired) electrons. The molecule has 2 saturated heterocycles. The van der Waals surface area contributed by atoms with Crippen LogP contribution in [0.25, 0.3) is 0 Å². The Morgan fingerprint density at radius 1 is 1.00 bits per heavy atom. The first-order valence-corrected chi connectivity index (χ1v) is 17.9. The second-order valence-corrected chi connectivity index (χ2v) is 15.8. The van der Waals surface area contributed by atoms with Gasteiger partial charge in [0.15, 0.2) is 5.60 Å². The maximum absolute atomic E-state index is 14.4. The zero-order valence-corrected chi connectivity index (χ0v) is 28.8. The van der Waals surface area contributed by atoms with E-state index >= 15 is 0 Å². The van der Waals surface area contributed by atoms with Gasteiger partial charge < -0.3 is 33.2 Å². The molecule has 5 aliphatic carbocycles. The number of hydrogen-bond acceptors (Lipinski definition) is 9. The minimum atomic E-state index is -0.898. The monoisotopic (exact) mass is 659 g/mol. The van der Waals surface area contributed by atoms with Gasteiger partial charge in [0.2, 0.25) is 0 Å². The molecule has 7 fully saturated rings. The van der Waals surface area contributed by atoms with E-state index in [-0.39, 0.29) is 71.6 Å². The third-order valence-corrected chi connectivity index (χ3v) is 14.4. The van der Waals surface area contributed by atoms with Gasteiger partial charge in [-0.15, -0.1) is 0 Å². The highest BCUT2D eigenvalue weighted by atomic mass is 16.7. The number of carbonyl (C=O) groups excluding carboxylic acids is 1. The molecule has 13 atom stereocenters. The van der Waals surface area contributed by atoms with E-state index in [0.29, 0.717) is 24.3 Å². The second-order valence-electron chi connectivity index (χ2n) is 15.8. The number of likely N-dealkylation sites (N-methyl/N-ethyl adjacent to an activating group) is 1. The molecule has 0 aromatic heterocycles. The molecule has 48 heavy (non-hydrogen) atoms. The summed E-state index contributed by atoms with van der Waals surface area (Å²) in [6.07, 6.45) is 3.05. The van der Waals surface area contributed by atoms with Crippen molar-refractivity contribution in [2.45, 2.75) is 87.8 Å². The molecule has 2 heterocycles. The SMILES string of the molecule is CCN1C[C@]2(C)CC[C@H](OC)[C@@]34[C@@H]5C[C@H]6[C@H](OC)[C@@H]5[C@@]5(C[C@@H]6OC)OCO[C@@]5([C@@H](OC(=O)c5ccc(OCc6ccccc6)cc5)[C@H]23)[C@@H]14. The average molecular weight is 660 g/mol. The van der Waals surface area contributed by atoms with E-state index in [1.165, 1.54) is 0 Å². The molecule has 2 aromatic carbocycles. The predicted molar refractivity (Wildman–Crippen MR) is 175 cm³/mol. The molecule has 2 aromatic rings. The van der Waals surface area contributed by atoms with Crippen molar-refractivity contribution in [2.24, 2.45) is 34.5 Å². The zero-order valence-electron chi connectivity index (χ0n) is 28.8. The highest BCUT2D eigenvalue weighted by Gasteiger charge is 2.94. The lowest BCUT2D eigenvalue weighted by Crippen LogP contribution is -2.81. The molecule has 9 nitrogen and oxygen atoms in total. The number of fused-ring (bicyclic) bond motifs is 1. The molecule has 9 heteroatoms. The maximum Gasteiger partial charge on any atom is 0.338 e. The Hall–Kier alpha value is -2.53. The molecule has 0 N–H and O–H groups in total. The topological polar surface area (TPSA) is 84.9 Å². The molecule has 7 bridgehead atoms. The van der Waals surface area contributed by atoms with Crippen molar-refractivity contribution < 1.29 is 38.0 Å². The molecule has 5 saturated carbocycles. The summed E-state index contributed by atoms with van der Waals surface area (Å²) in [5.41, 5.74) is -0.434. The Morgan fingerprint density at radius 2 is 1.79 bits per heavy atom. The number of hydrogen-bond donors (Lipinski definition) is 0. The Balaban J connectivity index is 1.15. The summed E-state index contributed by atoms with van der Waals surface area (Å²) in [7, 11) is 5.53. The molecule has 9 rings (SSSR count). The second kappa shape index (κ2) is 11.0. The third kappa shape index (κ3) is 3.71. The van der Waals surface area contributed by atoms with Gasteiger partial charge in [-0.05, 0) is 67.0 Å². The van der Waals surface area contributed by atoms with Crippen LogP contribution in [0.4, 0.5) is 0 Å². The number of methoxy groups -OCH3 is 3. The summed E-state index contributed by atoms with van der Waals surface area (Å²) in [5, 5.41) is 0. The van der Waals surface area contributed by atoms with E-state index < -0.39 is 17.3 Å². The van der Waals surface area contributed by atoms with Crippen LogP contribution in [0.1, 0.15) is 55.5 Å². The normalized spacial score (nSPS) is 46.3. The van der Waals surface area contributed by atoms with Crippen LogP contribution in [0.2, 0.25) is 0 Å². The van der Waals surface area contributed by atoms with Crippen molar-refractivity contribution >= 4 is 5.97 Å². The Labute approximate surface area is 283 Å². The number of rotatable bonds is 9. The number of carbonyl (C=O) groups is 1. The molecular weight excluding hydrogens is 610 g/mol. The number of benzene rings is 2. The van der Waals surface area contributed by atoms with Gasteiger partial charge >= 0.3 is 5.97 Å². The summed E-state index contributed by atoms with van der Waals surface area (Å²) in [6.45, 7) is 7.11. The van der Waals surface area contributed by atoms with Crippen LogP contribution in [0.5, 0.6) is 5.75 Å². The van der Waals surface area contributed by atoms with Crippen molar-refractivity contribution in [1.82, 2.24) is 4.90 Å². The van der Waals surface area contributed by atoms with E-state index in [0.717, 1.165) is 37.9 Å². The molecule has 258 valence electrons. The van der Waals surface area contributed by atoms with Gasteiger partial charge in [0.1, 0.15) is 30.9 Å². The lowest BCUT2D eigenvalue weighted by atomic mass is 9.43. The van der Waals surface area contributed by atoms with Gasteiger partial charge in [-0.3, -0.25) is 4.90 Å². The van der Waals surface area contributed by atoms with Crippen molar-refractivity contribution in [1.29, 1.82) is 0 Å². The fraction of sp³-hybridized carbons (Fsp3) is 0.667. The quantitative estimate of drug-likeness (QED) is 0.341. The summed E-state index contributed by atoms with van der Waals surface area (Å²) >= 11 is 0. The van der Waals surface area contributed by atoms with Crippen LogP contribution in [0.15, 0.2) is 54.6 Å². The van der Waals surface area contributed by atoms with E-state index in [2.05, 4.69) is 18.7 Å². The van der Waals surface area contributed by atoms with Crippen LogP contribution in [0, 0.1) is 34.5 Å². The first-order chi connectivity index (χ1) is 23.3. The number of esters is 1. The molecule has 2 aliphatic heterocycles. The summed E-state index contributed by atoms with van der Waals surface area (Å²) in [4.78, 5) is 17.1. The number of piperidine rings is 1. The highest BCUT2D eigenvalue weighted by molar-refractivity contribution is 5.89. The molecule has 3 spiro atoms. The minimum absolute atomic E-state index is 0.00148. The lowest BCUT2D eigenvalue weighted by molar-refractivity contribution is -0.282. The summed E-state index contributed by atoms with van der Waals surface area (Å²) in [6, 6.07) is 17.4. The van der Waals surface area contributed by atoms with Crippen LogP contribution < -0.4 is 4.74 Å². The number of nitrogens with zero attached hydrogens (tertiary/aromatic N) is 1. The van der Waals surface area contributed by atoms with E-state index in [1.54, 1.807) is 0 Å². The smallest absolute Gasteiger partial charge is 0.338 e. The standard InChI is InChI=1S/C39H49NO8/c1-6-40-21-36(2)17-16-29(43-4)38-27-18-26-28(42-3)19-37(30(27)31(26)44-5)39(35(38)40,47-22-46-37)33(32(36)38)48-34(41)24-12-14-25(15-13-24)45-20-23-10-8-7-9-11-23/h7-15,26-33,35H,6,16-22H2,1-5H3/t26-,27-,28+,29+,30-,31+,32-,33+,35+,36+,37-,38+,39+/m1/s1. The van der Waals surface area contributed by atoms with Crippen molar-refractivity contribution in [3.05, 3.63) is 65.7 Å². The van der Waals surface area contributed by atoms with Gasteiger partial charge in [-0.1, -0.05) is 44.2 Å². The van der Waals surface area contributed by atoms with E-state index in [1.807, 2.05) is 75.9 Å². The first kappa shape index (κ1) is 31.5. The van der Waals surface area contributed by atoms with Crippen LogP contribution in [-0.2, 0) is 35.0 Å². The van der Waals surface area contributed by atoms with Gasteiger partial charge in [-0.2, -0.15) is 0 Å². The third-order valence-electron chi connectivity index (χ3n) is 14.4. The fourth-order valence-electron chi connectivity index (χ4n) is 13.2. The van der Waals surface area contributed by atoms with Crippen LogP contribution in [-0.4, -0.2) is 93.7 Å². The summed E-state index contributed by atoms with van der Waals surface area (Å²) in [5.74, 6) is 1.01. The number of ether oxygens (including phenoxy) is 7. The highest BCUT2D eigenvalue weighted by Crippen LogP contribution is 2.82. The maximum atomic E-state index is 14.4. The van der Waals surface area contributed by atoms with Gasteiger partial charge in [0.25, 0.3) is 0 Å². The lowest BCUT2D eigenvalue weighted by Gasteiger charge is -2.69. The predicted octanol–water partition coefficient (Wildman–Crippen LogP) is 5.11. The largest absolute Gasteiger partial charge is 0.489 e. The Kier molecular flexibility index (Phi) is 7.20. The number of likely N-dealkylation sites (tertiary alicyclic amines) is 1. The van der Waals surface area contributed by atoms with Crippen LogP contribution >= 0.6 is 0 Å². The molecule has 0 unspecified atom stereocenters. The van der Waals surface area contributed by atoms with Crippen molar-refractivity contribution in [3.63, 3.8) is 0 Å². The van der Waals surface area contributed by atoms with Crippen LogP contribution in [0.3, 0.4) is 0 Å². The zero-order chi connectivity index (χ0) is 33.1. The Bertz CT molecular complexity index is 1550. The average Bonchev–Trinajstić information content (AvgIpc) is 3.70. The van der Waals surface area contributed by atoms with Gasteiger partial charge in [0.05, 0.1) is 29.9 Å². The van der Waals surface area contributed by atoms with Gasteiger partial charge in [-0.25, -0.2) is 4.79 Å². The van der Waals surface area contributed by atoms with Crippen molar-refractivity contribution in [2.75, 3.05) is 41.2 Å². The molecular formula is C39H49NO8. The van der Waals surface area contributed by atoms with E-state index in [9.17, 15) is 4.79 Å². The van der Waals surface area contributed by atoms with Crippen molar-refractivity contribution in [3.8, 4) is 5.75 Å². The Morgan fingerprint density at radius 3 is 2.50 bits per heavy atom. The molecule has 7 aliphatic rings. The first-order valence-electron chi connectivity index (χ1n) is 17.9.